The minimum Gasteiger partial charge on any atom is -0.383 e. The fraction of sp³-hybridized carbons (Fsp3) is 0.464. The average molecular weight is 491 g/mol. The van der Waals surface area contributed by atoms with Crippen LogP contribution in [-0.2, 0) is 24.8 Å². The van der Waals surface area contributed by atoms with Crippen LogP contribution in [0, 0.1) is 6.92 Å². The van der Waals surface area contributed by atoms with E-state index in [-0.39, 0.29) is 23.9 Å². The van der Waals surface area contributed by atoms with Crippen molar-refractivity contribution in [3.8, 4) is 11.1 Å². The molecule has 3 aromatic rings. The monoisotopic (exact) mass is 490 g/mol. The Labute approximate surface area is 213 Å². The maximum absolute atomic E-state index is 13.3. The van der Waals surface area contributed by atoms with Crippen LogP contribution in [0.2, 0.25) is 0 Å². The number of aryl methyl sites for hydroxylation is 3. The number of hydrogen-bond acceptors (Lipinski definition) is 6. The number of aromatic nitrogens is 3. The van der Waals surface area contributed by atoms with Crippen LogP contribution < -0.4 is 11.1 Å². The lowest BCUT2D eigenvalue weighted by atomic mass is 10.0. The molecular weight excluding hydrogens is 452 g/mol. The lowest BCUT2D eigenvalue weighted by molar-refractivity contribution is 0.0313. The number of nitrogens with one attached hydrogen (secondary N) is 1. The Morgan fingerprint density at radius 1 is 1.19 bits per heavy atom. The molecular formula is C28H38N6O2. The van der Waals surface area contributed by atoms with Gasteiger partial charge in [-0.2, -0.15) is 5.10 Å². The zero-order chi connectivity index (χ0) is 25.7. The van der Waals surface area contributed by atoms with Crippen LogP contribution >= 0.6 is 0 Å². The Balaban J connectivity index is 1.48. The van der Waals surface area contributed by atoms with Crippen molar-refractivity contribution < 1.29 is 9.53 Å². The lowest BCUT2D eigenvalue weighted by Crippen LogP contribution is -2.44. The normalized spacial score (nSPS) is 18.0. The smallest absolute Gasteiger partial charge is 0.255 e. The van der Waals surface area contributed by atoms with E-state index in [2.05, 4.69) is 59.3 Å². The molecule has 0 saturated carbocycles. The minimum atomic E-state index is -0.231. The van der Waals surface area contributed by atoms with Crippen molar-refractivity contribution >= 4 is 11.7 Å². The van der Waals surface area contributed by atoms with E-state index in [9.17, 15) is 4.79 Å². The number of carbonyl (C=O) groups is 1. The highest BCUT2D eigenvalue weighted by atomic mass is 16.5. The van der Waals surface area contributed by atoms with Gasteiger partial charge in [0.05, 0.1) is 30.5 Å². The molecule has 1 saturated heterocycles. The Morgan fingerprint density at radius 2 is 2.03 bits per heavy atom. The van der Waals surface area contributed by atoms with Gasteiger partial charge in [-0.3, -0.25) is 14.4 Å². The quantitative estimate of drug-likeness (QED) is 0.449. The Morgan fingerprint density at radius 3 is 2.75 bits per heavy atom. The van der Waals surface area contributed by atoms with Crippen LogP contribution in [0.4, 0.5) is 5.82 Å². The number of unbranched alkanes of at least 4 members (excludes halogenated alkanes) is 1. The Bertz CT molecular complexity index is 1190. The zero-order valence-corrected chi connectivity index (χ0v) is 21.8. The second-order valence-corrected chi connectivity index (χ2v) is 9.72. The molecule has 8 heteroatoms. The van der Waals surface area contributed by atoms with Crippen molar-refractivity contribution in [2.45, 2.75) is 58.8 Å². The summed E-state index contributed by atoms with van der Waals surface area (Å²) in [6, 6.07) is 8.16. The largest absolute Gasteiger partial charge is 0.383 e. The highest BCUT2D eigenvalue weighted by Crippen LogP contribution is 2.23. The van der Waals surface area contributed by atoms with Gasteiger partial charge in [0.2, 0.25) is 0 Å². The van der Waals surface area contributed by atoms with Crippen molar-refractivity contribution in [1.29, 1.82) is 0 Å². The highest BCUT2D eigenvalue weighted by molar-refractivity contribution is 5.99. The van der Waals surface area contributed by atoms with E-state index in [0.29, 0.717) is 12.2 Å². The molecule has 3 N–H and O–H groups in total. The Kier molecular flexibility index (Phi) is 8.38. The summed E-state index contributed by atoms with van der Waals surface area (Å²) >= 11 is 0. The number of pyridine rings is 1. The van der Waals surface area contributed by atoms with Gasteiger partial charge >= 0.3 is 0 Å². The summed E-state index contributed by atoms with van der Waals surface area (Å²) < 4.78 is 8.12. The van der Waals surface area contributed by atoms with Gasteiger partial charge in [-0.1, -0.05) is 38.5 Å². The zero-order valence-electron chi connectivity index (χ0n) is 21.8. The third-order valence-corrected chi connectivity index (χ3v) is 6.95. The number of ether oxygens (including phenoxy) is 1. The van der Waals surface area contributed by atoms with E-state index >= 15 is 0 Å². The van der Waals surface area contributed by atoms with Gasteiger partial charge in [0, 0.05) is 43.7 Å². The van der Waals surface area contributed by atoms with Gasteiger partial charge < -0.3 is 15.8 Å². The first-order chi connectivity index (χ1) is 17.4. The van der Waals surface area contributed by atoms with Crippen LogP contribution in [0.3, 0.4) is 0 Å². The van der Waals surface area contributed by atoms with Crippen LogP contribution in [0.5, 0.6) is 0 Å². The second-order valence-electron chi connectivity index (χ2n) is 9.72. The molecule has 3 heterocycles. The average Bonchev–Trinajstić information content (AvgIpc) is 3.48. The molecule has 36 heavy (non-hydrogen) atoms. The molecule has 4 rings (SSSR count). The van der Waals surface area contributed by atoms with E-state index in [0.717, 1.165) is 55.6 Å². The summed E-state index contributed by atoms with van der Waals surface area (Å²) in [5.41, 5.74) is 12.0. The topological polar surface area (TPSA) is 98.3 Å². The van der Waals surface area contributed by atoms with Gasteiger partial charge in [-0.15, -0.1) is 0 Å². The number of benzene rings is 1. The molecule has 1 fully saturated rings. The van der Waals surface area contributed by atoms with Crippen molar-refractivity contribution in [1.82, 2.24) is 25.0 Å². The second kappa shape index (κ2) is 11.7. The number of nitrogen functional groups attached to an aromatic ring is 1. The minimum absolute atomic E-state index is 0.104. The van der Waals surface area contributed by atoms with Gasteiger partial charge in [0.25, 0.3) is 5.91 Å². The maximum Gasteiger partial charge on any atom is 0.255 e. The van der Waals surface area contributed by atoms with Gasteiger partial charge in [0.1, 0.15) is 5.82 Å². The summed E-state index contributed by atoms with van der Waals surface area (Å²) in [5, 5.41) is 7.41. The Hall–Kier alpha value is -3.23. The number of nitrogens with zero attached hydrogens (tertiary/aromatic N) is 4. The SMILES string of the molecule is CCCCN1CC(NC(=O)c2cc(-c3cnn(C)c3)cnc2N)C(OCc2ccc(C)c(CC)c2)C1. The molecule has 2 aromatic heterocycles. The molecule has 1 aromatic carbocycles. The number of amides is 1. The van der Waals surface area contributed by atoms with E-state index in [1.165, 1.54) is 11.1 Å². The first kappa shape index (κ1) is 25.9. The van der Waals surface area contributed by atoms with E-state index in [4.69, 9.17) is 10.5 Å². The molecule has 2 unspecified atom stereocenters. The van der Waals surface area contributed by atoms with Crippen molar-refractivity contribution in [3.63, 3.8) is 0 Å². The molecule has 1 aliphatic rings. The molecule has 0 bridgehead atoms. The number of anilines is 1. The summed E-state index contributed by atoms with van der Waals surface area (Å²) in [5.74, 6) is -0.0181. The van der Waals surface area contributed by atoms with Gasteiger partial charge in [0.15, 0.2) is 0 Å². The predicted molar refractivity (Wildman–Crippen MR) is 143 cm³/mol. The number of nitrogens with two attached hydrogens (primary N) is 1. The van der Waals surface area contributed by atoms with Crippen LogP contribution in [0.15, 0.2) is 42.9 Å². The standard InChI is InChI=1S/C28H38N6O2/c1-5-7-10-34-16-25(26(17-34)36-18-20-9-8-19(3)21(6-2)11-20)32-28(35)24-12-22(13-30-27(24)29)23-14-31-33(4)15-23/h8-9,11-15,25-26H,5-7,10,16-18H2,1-4H3,(H2,29,30)(H,32,35). The molecule has 2 atom stereocenters. The molecule has 8 nitrogen and oxygen atoms in total. The van der Waals surface area contributed by atoms with Gasteiger partial charge in [-0.25, -0.2) is 4.98 Å². The van der Waals surface area contributed by atoms with Crippen LogP contribution in [0.25, 0.3) is 11.1 Å². The van der Waals surface area contributed by atoms with Crippen molar-refractivity contribution in [2.75, 3.05) is 25.4 Å². The fourth-order valence-electron chi connectivity index (χ4n) is 4.75. The van der Waals surface area contributed by atoms with E-state index in [1.807, 2.05) is 13.2 Å². The number of rotatable bonds is 10. The molecule has 192 valence electrons. The summed E-state index contributed by atoms with van der Waals surface area (Å²) in [6.07, 6.45) is 8.45. The fourth-order valence-corrected chi connectivity index (χ4v) is 4.75. The number of likely N-dealkylation sites (tertiary alicyclic amines) is 1. The van der Waals surface area contributed by atoms with Gasteiger partial charge in [-0.05, 0) is 49.1 Å². The molecule has 1 aliphatic heterocycles. The third kappa shape index (κ3) is 6.12. The maximum atomic E-state index is 13.3. The molecule has 0 spiro atoms. The lowest BCUT2D eigenvalue weighted by Gasteiger charge is -2.21. The number of carbonyl (C=O) groups excluding carboxylic acids is 1. The molecule has 0 aliphatic carbocycles. The summed E-state index contributed by atoms with van der Waals surface area (Å²) in [7, 11) is 1.85. The predicted octanol–water partition coefficient (Wildman–Crippen LogP) is 3.73. The molecule has 0 radical (unpaired) electrons. The third-order valence-electron chi connectivity index (χ3n) is 6.95. The van der Waals surface area contributed by atoms with E-state index in [1.54, 1.807) is 23.1 Å². The molecule has 1 amide bonds. The summed E-state index contributed by atoms with van der Waals surface area (Å²) in [4.78, 5) is 20.0. The van der Waals surface area contributed by atoms with Crippen LogP contribution in [-0.4, -0.2) is 57.4 Å². The van der Waals surface area contributed by atoms with Crippen molar-refractivity contribution in [2.24, 2.45) is 7.05 Å². The first-order valence-corrected chi connectivity index (χ1v) is 12.9. The van der Waals surface area contributed by atoms with Crippen LogP contribution in [0.1, 0.15) is 53.7 Å². The highest BCUT2D eigenvalue weighted by Gasteiger charge is 2.35. The van der Waals surface area contributed by atoms with Crippen molar-refractivity contribution in [3.05, 3.63) is 65.1 Å². The summed E-state index contributed by atoms with van der Waals surface area (Å²) in [6.45, 7) is 9.56. The van der Waals surface area contributed by atoms with E-state index < -0.39 is 0 Å². The number of hydrogen-bond donors (Lipinski definition) is 2. The first-order valence-electron chi connectivity index (χ1n) is 12.9.